The first-order valence-corrected chi connectivity index (χ1v) is 17.8. The van der Waals surface area contributed by atoms with E-state index in [1.165, 1.54) is 96.3 Å². The van der Waals surface area contributed by atoms with Crippen LogP contribution in [-0.4, -0.2) is 22.4 Å². The van der Waals surface area contributed by atoms with Crippen LogP contribution < -0.4 is 0 Å². The first kappa shape index (κ1) is 36.9. The predicted octanol–water partition coefficient (Wildman–Crippen LogP) is 11.1. The second-order valence-electron chi connectivity index (χ2n) is 15.3. The second-order valence-corrected chi connectivity index (χ2v) is 15.3. The molecule has 2 heteroatoms. The van der Waals surface area contributed by atoms with Gasteiger partial charge in [-0.3, -0.25) is 0 Å². The molecule has 2 N–H and O–H groups in total. The van der Waals surface area contributed by atoms with Gasteiger partial charge >= 0.3 is 0 Å². The molecule has 234 valence electrons. The minimum atomic E-state index is -0.00579. The van der Waals surface area contributed by atoms with Gasteiger partial charge in [0.1, 0.15) is 0 Å². The Hall–Kier alpha value is -0.0800. The third kappa shape index (κ3) is 15.1. The van der Waals surface area contributed by atoms with Crippen molar-refractivity contribution in [2.75, 3.05) is 0 Å². The Balaban J connectivity index is 0.000000260. The number of rotatable bonds is 4. The van der Waals surface area contributed by atoms with Crippen molar-refractivity contribution >= 4 is 0 Å². The molecular formula is C37H74O2. The van der Waals surface area contributed by atoms with Crippen LogP contribution in [-0.2, 0) is 0 Å². The predicted molar refractivity (Wildman–Crippen MR) is 173 cm³/mol. The maximum Gasteiger partial charge on any atom is 0.0570 e. The van der Waals surface area contributed by atoms with Crippen LogP contribution in [0.25, 0.3) is 0 Å². The van der Waals surface area contributed by atoms with Crippen molar-refractivity contribution < 1.29 is 10.2 Å². The fraction of sp³-hybridized carbons (Fsp3) is 1.00. The standard InChI is InChI=1S/C10H20.2C9H18O.C9H18/c1-8(2)10-7-5-4-6-9(10)3;2*1-7(2)8-5-3-4-6-9(8)10;1-8(2)9-6-4-3-5-7-9/h8-10H,4-7H2,1-3H3;2*7-10H,3-6H2,1-2H3;8-9H,3-7H2,1-2H3/t;8-,9+;;/m.1../s1. The van der Waals surface area contributed by atoms with E-state index in [9.17, 15) is 10.2 Å². The van der Waals surface area contributed by atoms with Gasteiger partial charge in [-0.05, 0) is 85.4 Å². The van der Waals surface area contributed by atoms with Gasteiger partial charge in [0.05, 0.1) is 12.2 Å². The van der Waals surface area contributed by atoms with E-state index < -0.39 is 0 Å². The third-order valence-corrected chi connectivity index (χ3v) is 10.9. The lowest BCUT2D eigenvalue weighted by atomic mass is 9.75. The van der Waals surface area contributed by atoms with Crippen LogP contribution in [0, 0.1) is 53.3 Å². The Bertz CT molecular complexity index is 500. The van der Waals surface area contributed by atoms with Gasteiger partial charge in [0.25, 0.3) is 0 Å². The molecular weight excluding hydrogens is 476 g/mol. The molecule has 0 bridgehead atoms. The van der Waals surface area contributed by atoms with E-state index in [4.69, 9.17) is 0 Å². The highest BCUT2D eigenvalue weighted by molar-refractivity contribution is 4.77. The molecule has 0 radical (unpaired) electrons. The van der Waals surface area contributed by atoms with Crippen molar-refractivity contribution in [3.05, 3.63) is 0 Å². The van der Waals surface area contributed by atoms with Gasteiger partial charge in [0, 0.05) is 0 Å². The van der Waals surface area contributed by atoms with Crippen LogP contribution in [0.1, 0.15) is 171 Å². The Morgan fingerprint density at radius 3 is 0.974 bits per heavy atom. The first-order valence-electron chi connectivity index (χ1n) is 17.8. The van der Waals surface area contributed by atoms with Crippen LogP contribution in [0.5, 0.6) is 0 Å². The zero-order chi connectivity index (χ0) is 29.4. The Labute approximate surface area is 246 Å². The zero-order valence-electron chi connectivity index (χ0n) is 28.3. The minimum Gasteiger partial charge on any atom is -0.393 e. The molecule has 39 heavy (non-hydrogen) atoms. The number of aliphatic hydroxyl groups excluding tert-OH is 2. The van der Waals surface area contributed by atoms with Crippen molar-refractivity contribution in [2.45, 2.75) is 184 Å². The summed E-state index contributed by atoms with van der Waals surface area (Å²) in [6.07, 6.45) is 23.0. The third-order valence-electron chi connectivity index (χ3n) is 10.9. The molecule has 0 aliphatic heterocycles. The van der Waals surface area contributed by atoms with Gasteiger partial charge in [-0.15, -0.1) is 0 Å². The van der Waals surface area contributed by atoms with Crippen LogP contribution in [0.3, 0.4) is 0 Å². The Kier molecular flexibility index (Phi) is 19.6. The Morgan fingerprint density at radius 2 is 0.718 bits per heavy atom. The summed E-state index contributed by atoms with van der Waals surface area (Å²) >= 11 is 0. The largest absolute Gasteiger partial charge is 0.393 e. The van der Waals surface area contributed by atoms with Gasteiger partial charge in [-0.1, -0.05) is 139 Å². The molecule has 4 aliphatic rings. The zero-order valence-corrected chi connectivity index (χ0v) is 28.3. The summed E-state index contributed by atoms with van der Waals surface area (Å²) in [7, 11) is 0. The molecule has 0 heterocycles. The minimum absolute atomic E-state index is 0.00579. The average Bonchev–Trinajstić information content (AvgIpc) is 2.90. The number of aliphatic hydroxyl groups is 2. The van der Waals surface area contributed by atoms with E-state index in [0.717, 1.165) is 42.4 Å². The first-order chi connectivity index (χ1) is 18.5. The quantitative estimate of drug-likeness (QED) is 0.365. The van der Waals surface area contributed by atoms with Crippen LogP contribution in [0.15, 0.2) is 0 Å². The monoisotopic (exact) mass is 551 g/mol. The van der Waals surface area contributed by atoms with E-state index >= 15 is 0 Å². The van der Waals surface area contributed by atoms with Crippen LogP contribution >= 0.6 is 0 Å². The molecule has 4 unspecified atom stereocenters. The lowest BCUT2D eigenvalue weighted by Gasteiger charge is -2.31. The van der Waals surface area contributed by atoms with Crippen LogP contribution in [0.4, 0.5) is 0 Å². The van der Waals surface area contributed by atoms with Gasteiger partial charge in [0.2, 0.25) is 0 Å². The molecule has 0 aromatic carbocycles. The molecule has 4 fully saturated rings. The van der Waals surface area contributed by atoms with E-state index in [1.807, 2.05) is 0 Å². The van der Waals surface area contributed by atoms with Gasteiger partial charge in [-0.25, -0.2) is 0 Å². The van der Waals surface area contributed by atoms with Crippen molar-refractivity contribution in [3.8, 4) is 0 Å². The normalized spacial score (nSPS) is 32.1. The van der Waals surface area contributed by atoms with Crippen molar-refractivity contribution in [1.82, 2.24) is 0 Å². The molecule has 0 aromatic rings. The molecule has 0 spiro atoms. The summed E-state index contributed by atoms with van der Waals surface area (Å²) in [6.45, 7) is 20.7. The molecule has 6 atom stereocenters. The van der Waals surface area contributed by atoms with Crippen molar-refractivity contribution in [2.24, 2.45) is 53.3 Å². The van der Waals surface area contributed by atoms with E-state index in [2.05, 4.69) is 62.3 Å². The van der Waals surface area contributed by atoms with Gasteiger partial charge in [-0.2, -0.15) is 0 Å². The lowest BCUT2D eigenvalue weighted by molar-refractivity contribution is 0.0453. The van der Waals surface area contributed by atoms with E-state index in [-0.39, 0.29) is 12.2 Å². The van der Waals surface area contributed by atoms with Crippen LogP contribution in [0.2, 0.25) is 0 Å². The van der Waals surface area contributed by atoms with E-state index in [0.29, 0.717) is 23.7 Å². The highest BCUT2D eigenvalue weighted by Gasteiger charge is 2.26. The maximum atomic E-state index is 9.54. The van der Waals surface area contributed by atoms with Crippen molar-refractivity contribution in [3.63, 3.8) is 0 Å². The molecule has 0 amide bonds. The highest BCUT2D eigenvalue weighted by atomic mass is 16.3. The second kappa shape index (κ2) is 20.7. The Morgan fingerprint density at radius 1 is 0.385 bits per heavy atom. The summed E-state index contributed by atoms with van der Waals surface area (Å²) in [5.74, 6) is 7.40. The molecule has 2 nitrogen and oxygen atoms in total. The molecule has 4 rings (SSSR count). The summed E-state index contributed by atoms with van der Waals surface area (Å²) in [5, 5.41) is 19.1. The number of hydrogen-bond donors (Lipinski definition) is 2. The lowest BCUT2D eigenvalue weighted by Crippen LogP contribution is -2.28. The van der Waals surface area contributed by atoms with Crippen molar-refractivity contribution in [1.29, 1.82) is 0 Å². The molecule has 0 aromatic heterocycles. The maximum absolute atomic E-state index is 9.54. The SMILES string of the molecule is CC(C)C1CCCCC1.CC(C)C1CCCCC1C.CC(C)C1CCCCC1O.CC(C)[C@H]1CCCC[C@@H]1O. The van der Waals surface area contributed by atoms with E-state index in [1.54, 1.807) is 0 Å². The smallest absolute Gasteiger partial charge is 0.0570 e. The fourth-order valence-corrected chi connectivity index (χ4v) is 7.97. The summed E-state index contributed by atoms with van der Waals surface area (Å²) < 4.78 is 0. The molecule has 0 saturated heterocycles. The molecule has 4 saturated carbocycles. The fourth-order valence-electron chi connectivity index (χ4n) is 7.97. The summed E-state index contributed by atoms with van der Waals surface area (Å²) in [5.41, 5.74) is 0. The molecule has 4 aliphatic carbocycles. The topological polar surface area (TPSA) is 40.5 Å². The summed E-state index contributed by atoms with van der Waals surface area (Å²) in [6, 6.07) is 0. The average molecular weight is 551 g/mol. The van der Waals surface area contributed by atoms with Gasteiger partial charge in [0.15, 0.2) is 0 Å². The highest BCUT2D eigenvalue weighted by Crippen LogP contribution is 2.34. The summed E-state index contributed by atoms with van der Waals surface area (Å²) in [4.78, 5) is 0. The number of hydrogen-bond acceptors (Lipinski definition) is 2. The van der Waals surface area contributed by atoms with Gasteiger partial charge < -0.3 is 10.2 Å².